The number of rotatable bonds is 4. The Morgan fingerprint density at radius 2 is 1.77 bits per heavy atom. The SMILES string of the molecule is O=c1[nH]nc(-c2cccc(Cl)c2)c2ccc(OCc3ccccc3)cc12. The number of halogens is 1. The number of ether oxygens (including phenoxy) is 1. The van der Waals surface area contributed by atoms with E-state index >= 15 is 0 Å². The van der Waals surface area contributed by atoms with Crippen LogP contribution >= 0.6 is 11.6 Å². The van der Waals surface area contributed by atoms with Gasteiger partial charge >= 0.3 is 0 Å². The number of hydrogen-bond acceptors (Lipinski definition) is 3. The lowest BCUT2D eigenvalue weighted by Gasteiger charge is -2.09. The Balaban J connectivity index is 1.72. The Hall–Kier alpha value is -3.11. The molecule has 0 aliphatic heterocycles. The summed E-state index contributed by atoms with van der Waals surface area (Å²) in [5.74, 6) is 0.634. The highest BCUT2D eigenvalue weighted by molar-refractivity contribution is 6.30. The summed E-state index contributed by atoms with van der Waals surface area (Å²) < 4.78 is 5.83. The third-order valence-corrected chi connectivity index (χ3v) is 4.34. The topological polar surface area (TPSA) is 55.0 Å². The van der Waals surface area contributed by atoms with Crippen LogP contribution in [0, 0.1) is 0 Å². The first-order valence-electron chi connectivity index (χ1n) is 8.16. The van der Waals surface area contributed by atoms with Crippen molar-refractivity contribution in [3.8, 4) is 17.0 Å². The van der Waals surface area contributed by atoms with Gasteiger partial charge in [0.15, 0.2) is 0 Å². The Kier molecular flexibility index (Phi) is 4.42. The van der Waals surface area contributed by atoms with Gasteiger partial charge in [0.2, 0.25) is 0 Å². The number of aromatic nitrogens is 2. The lowest BCUT2D eigenvalue weighted by molar-refractivity contribution is 0.306. The van der Waals surface area contributed by atoms with E-state index in [1.807, 2.05) is 60.7 Å². The molecule has 0 bridgehead atoms. The number of H-pyrrole nitrogens is 1. The molecule has 0 saturated heterocycles. The van der Waals surface area contributed by atoms with Crippen molar-refractivity contribution < 1.29 is 4.74 Å². The number of benzene rings is 3. The maximum atomic E-state index is 12.3. The standard InChI is InChI=1S/C21H15ClN2O2/c22-16-8-4-7-15(11-16)20-18-10-9-17(12-19(18)21(25)24-23-20)26-13-14-5-2-1-3-6-14/h1-12H,13H2,(H,24,25). The van der Waals surface area contributed by atoms with Crippen LogP contribution in [0.5, 0.6) is 5.75 Å². The fourth-order valence-electron chi connectivity index (χ4n) is 2.83. The van der Waals surface area contributed by atoms with Crippen molar-refractivity contribution in [2.75, 3.05) is 0 Å². The number of nitrogens with one attached hydrogen (secondary N) is 1. The first kappa shape index (κ1) is 16.4. The highest BCUT2D eigenvalue weighted by Gasteiger charge is 2.10. The Bertz CT molecular complexity index is 1120. The molecule has 26 heavy (non-hydrogen) atoms. The smallest absolute Gasteiger partial charge is 0.272 e. The van der Waals surface area contributed by atoms with Gasteiger partial charge in [-0.2, -0.15) is 5.10 Å². The molecule has 0 amide bonds. The highest BCUT2D eigenvalue weighted by atomic mass is 35.5. The van der Waals surface area contributed by atoms with E-state index in [1.54, 1.807) is 12.1 Å². The molecule has 1 heterocycles. The van der Waals surface area contributed by atoms with E-state index in [9.17, 15) is 4.79 Å². The van der Waals surface area contributed by atoms with E-state index in [0.29, 0.717) is 28.5 Å². The van der Waals surface area contributed by atoms with Gasteiger partial charge in [-0.1, -0.05) is 54.1 Å². The molecule has 0 fully saturated rings. The van der Waals surface area contributed by atoms with Crippen molar-refractivity contribution in [3.63, 3.8) is 0 Å². The molecular formula is C21H15ClN2O2. The van der Waals surface area contributed by atoms with Crippen molar-refractivity contribution >= 4 is 22.4 Å². The van der Waals surface area contributed by atoms with E-state index in [1.165, 1.54) is 0 Å². The molecule has 0 spiro atoms. The third-order valence-electron chi connectivity index (χ3n) is 4.11. The van der Waals surface area contributed by atoms with Crippen LogP contribution in [0.3, 0.4) is 0 Å². The van der Waals surface area contributed by atoms with Gasteiger partial charge in [-0.05, 0) is 35.9 Å². The van der Waals surface area contributed by atoms with Crippen molar-refractivity contribution in [2.45, 2.75) is 6.61 Å². The van der Waals surface area contributed by atoms with Gasteiger partial charge < -0.3 is 4.74 Å². The van der Waals surface area contributed by atoms with E-state index in [-0.39, 0.29) is 5.56 Å². The van der Waals surface area contributed by atoms with Crippen molar-refractivity contribution in [1.29, 1.82) is 0 Å². The van der Waals surface area contributed by atoms with E-state index < -0.39 is 0 Å². The van der Waals surface area contributed by atoms with Gasteiger partial charge in [-0.3, -0.25) is 4.79 Å². The molecule has 0 aliphatic carbocycles. The maximum Gasteiger partial charge on any atom is 0.272 e. The highest BCUT2D eigenvalue weighted by Crippen LogP contribution is 2.28. The van der Waals surface area contributed by atoms with Gasteiger partial charge in [0, 0.05) is 16.0 Å². The minimum atomic E-state index is -0.254. The maximum absolute atomic E-state index is 12.3. The third kappa shape index (κ3) is 3.32. The van der Waals surface area contributed by atoms with Crippen LogP contribution < -0.4 is 10.3 Å². The van der Waals surface area contributed by atoms with Crippen LogP contribution in [-0.2, 0) is 6.61 Å². The predicted molar refractivity (Wildman–Crippen MR) is 104 cm³/mol. The van der Waals surface area contributed by atoms with Crippen molar-refractivity contribution in [2.24, 2.45) is 0 Å². The quantitative estimate of drug-likeness (QED) is 0.566. The summed E-state index contributed by atoms with van der Waals surface area (Å²) in [5.41, 5.74) is 2.33. The van der Waals surface area contributed by atoms with E-state index in [4.69, 9.17) is 16.3 Å². The molecule has 1 aromatic heterocycles. The molecule has 3 aromatic carbocycles. The minimum Gasteiger partial charge on any atom is -0.489 e. The van der Waals surface area contributed by atoms with Crippen LogP contribution in [0.2, 0.25) is 5.02 Å². The normalized spacial score (nSPS) is 10.8. The molecule has 5 heteroatoms. The summed E-state index contributed by atoms with van der Waals surface area (Å²) in [5, 5.41) is 8.66. The van der Waals surface area contributed by atoms with Crippen LogP contribution in [0.4, 0.5) is 0 Å². The minimum absolute atomic E-state index is 0.254. The number of aromatic amines is 1. The average molecular weight is 363 g/mol. The fraction of sp³-hybridized carbons (Fsp3) is 0.0476. The number of fused-ring (bicyclic) bond motifs is 1. The van der Waals surface area contributed by atoms with E-state index in [0.717, 1.165) is 16.5 Å². The molecule has 0 atom stereocenters. The summed E-state index contributed by atoms with van der Waals surface area (Å²) in [7, 11) is 0. The molecule has 1 N–H and O–H groups in total. The second kappa shape index (κ2) is 7.02. The summed E-state index contributed by atoms with van der Waals surface area (Å²) in [6, 6.07) is 22.7. The number of nitrogens with zero attached hydrogens (tertiary/aromatic N) is 1. The first-order chi connectivity index (χ1) is 12.7. The zero-order chi connectivity index (χ0) is 17.9. The van der Waals surface area contributed by atoms with Crippen molar-refractivity contribution in [3.05, 3.63) is 93.7 Å². The van der Waals surface area contributed by atoms with Crippen LogP contribution in [0.1, 0.15) is 5.56 Å². The summed E-state index contributed by atoms with van der Waals surface area (Å²) in [6.45, 7) is 0.441. The molecule has 4 aromatic rings. The molecule has 0 radical (unpaired) electrons. The fourth-order valence-corrected chi connectivity index (χ4v) is 3.02. The molecule has 0 aliphatic rings. The zero-order valence-electron chi connectivity index (χ0n) is 13.8. The average Bonchev–Trinajstić information content (AvgIpc) is 2.68. The van der Waals surface area contributed by atoms with Crippen LogP contribution in [0.25, 0.3) is 22.0 Å². The molecule has 0 unspecified atom stereocenters. The second-order valence-corrected chi connectivity index (χ2v) is 6.33. The first-order valence-corrected chi connectivity index (χ1v) is 8.53. The van der Waals surface area contributed by atoms with E-state index in [2.05, 4.69) is 10.2 Å². The molecular weight excluding hydrogens is 348 g/mol. The van der Waals surface area contributed by atoms with Gasteiger partial charge in [0.25, 0.3) is 5.56 Å². The van der Waals surface area contributed by atoms with Crippen LogP contribution in [-0.4, -0.2) is 10.2 Å². The molecule has 0 saturated carbocycles. The zero-order valence-corrected chi connectivity index (χ0v) is 14.5. The summed E-state index contributed by atoms with van der Waals surface area (Å²) in [6.07, 6.45) is 0. The second-order valence-electron chi connectivity index (χ2n) is 5.89. The molecule has 4 rings (SSSR count). The predicted octanol–water partition coefficient (Wildman–Crippen LogP) is 4.82. The van der Waals surface area contributed by atoms with Gasteiger partial charge in [0.1, 0.15) is 12.4 Å². The Morgan fingerprint density at radius 3 is 2.58 bits per heavy atom. The van der Waals surface area contributed by atoms with Gasteiger partial charge in [-0.15, -0.1) is 0 Å². The largest absolute Gasteiger partial charge is 0.489 e. The monoisotopic (exact) mass is 362 g/mol. The Morgan fingerprint density at radius 1 is 0.923 bits per heavy atom. The van der Waals surface area contributed by atoms with Crippen LogP contribution in [0.15, 0.2) is 77.6 Å². The van der Waals surface area contributed by atoms with Gasteiger partial charge in [-0.25, -0.2) is 5.10 Å². The molecule has 128 valence electrons. The van der Waals surface area contributed by atoms with Crippen molar-refractivity contribution in [1.82, 2.24) is 10.2 Å². The Labute approximate surface area is 155 Å². The lowest BCUT2D eigenvalue weighted by Crippen LogP contribution is -2.09. The summed E-state index contributed by atoms with van der Waals surface area (Å²) >= 11 is 6.08. The lowest BCUT2D eigenvalue weighted by atomic mass is 10.0. The number of hydrogen-bond donors (Lipinski definition) is 1. The molecule has 4 nitrogen and oxygen atoms in total. The van der Waals surface area contributed by atoms with Gasteiger partial charge in [0.05, 0.1) is 11.1 Å². The summed E-state index contributed by atoms with van der Waals surface area (Å²) in [4.78, 5) is 12.3.